The van der Waals surface area contributed by atoms with Crippen molar-refractivity contribution in [2.75, 3.05) is 12.4 Å². The summed E-state index contributed by atoms with van der Waals surface area (Å²) >= 11 is 0. The standard InChI is InChI=1S/C23H26N4O4/c1-13(2)11-19(22(29)31-4)25-23(30)24-18-12-15(10-9-14(18)3)20-16-7-5-6-8-17(16)21(28)27-26-20/h5-10,12-13,19H,11H2,1-4H3,(H,27,28)(H2,24,25,30). The molecule has 0 fully saturated rings. The van der Waals surface area contributed by atoms with E-state index in [-0.39, 0.29) is 11.5 Å². The van der Waals surface area contributed by atoms with E-state index in [4.69, 9.17) is 4.74 Å². The van der Waals surface area contributed by atoms with E-state index in [0.29, 0.717) is 28.6 Å². The lowest BCUT2D eigenvalue weighted by Crippen LogP contribution is -2.44. The summed E-state index contributed by atoms with van der Waals surface area (Å²) in [6, 6.07) is 11.5. The minimum absolute atomic E-state index is 0.203. The summed E-state index contributed by atoms with van der Waals surface area (Å²) in [6.45, 7) is 5.79. The molecule has 3 rings (SSSR count). The molecule has 3 aromatic rings. The van der Waals surface area contributed by atoms with E-state index in [1.54, 1.807) is 18.2 Å². The number of urea groups is 1. The number of nitrogens with one attached hydrogen (secondary N) is 3. The zero-order valence-corrected chi connectivity index (χ0v) is 18.0. The Morgan fingerprint density at radius 2 is 1.84 bits per heavy atom. The zero-order valence-electron chi connectivity index (χ0n) is 18.0. The number of aromatic nitrogens is 2. The monoisotopic (exact) mass is 422 g/mol. The molecule has 162 valence electrons. The molecule has 0 aliphatic heterocycles. The van der Waals surface area contributed by atoms with Crippen molar-refractivity contribution in [2.45, 2.75) is 33.2 Å². The van der Waals surface area contributed by atoms with E-state index in [1.807, 2.05) is 45.0 Å². The lowest BCUT2D eigenvalue weighted by Gasteiger charge is -2.19. The average molecular weight is 422 g/mol. The molecule has 0 bridgehead atoms. The van der Waals surface area contributed by atoms with Gasteiger partial charge in [0.2, 0.25) is 0 Å². The van der Waals surface area contributed by atoms with Gasteiger partial charge in [0.05, 0.1) is 18.2 Å². The van der Waals surface area contributed by atoms with Crippen LogP contribution in [0.15, 0.2) is 47.3 Å². The topological polar surface area (TPSA) is 113 Å². The van der Waals surface area contributed by atoms with Gasteiger partial charge in [0.15, 0.2) is 0 Å². The summed E-state index contributed by atoms with van der Waals surface area (Å²) in [4.78, 5) is 36.6. The fourth-order valence-electron chi connectivity index (χ4n) is 3.38. The number of rotatable bonds is 6. The van der Waals surface area contributed by atoms with Gasteiger partial charge in [0.1, 0.15) is 6.04 Å². The number of aromatic amines is 1. The molecule has 3 N–H and O–H groups in total. The van der Waals surface area contributed by atoms with Gasteiger partial charge in [-0.05, 0) is 37.0 Å². The number of methoxy groups -OCH3 is 1. The van der Waals surface area contributed by atoms with Crippen LogP contribution < -0.4 is 16.2 Å². The van der Waals surface area contributed by atoms with Crippen molar-refractivity contribution < 1.29 is 14.3 Å². The number of benzene rings is 2. The third kappa shape index (κ3) is 5.09. The van der Waals surface area contributed by atoms with E-state index in [9.17, 15) is 14.4 Å². The lowest BCUT2D eigenvalue weighted by molar-refractivity contribution is -0.143. The Balaban J connectivity index is 1.89. The van der Waals surface area contributed by atoms with Crippen molar-refractivity contribution in [3.8, 4) is 11.3 Å². The van der Waals surface area contributed by atoms with Crippen LogP contribution >= 0.6 is 0 Å². The number of H-pyrrole nitrogens is 1. The second kappa shape index (κ2) is 9.42. The van der Waals surface area contributed by atoms with Crippen LogP contribution in [0, 0.1) is 12.8 Å². The number of nitrogens with zero attached hydrogens (tertiary/aromatic N) is 1. The van der Waals surface area contributed by atoms with Crippen LogP contribution in [-0.4, -0.2) is 35.3 Å². The predicted octanol–water partition coefficient (Wildman–Crippen LogP) is 3.61. The Labute approximate surface area is 180 Å². The number of aryl methyl sites for hydroxylation is 1. The van der Waals surface area contributed by atoms with E-state index >= 15 is 0 Å². The van der Waals surface area contributed by atoms with Crippen molar-refractivity contribution in [2.24, 2.45) is 5.92 Å². The SMILES string of the molecule is COC(=O)C(CC(C)C)NC(=O)Nc1cc(-c2n[nH]c(=O)c3ccccc23)ccc1C. The molecular weight excluding hydrogens is 396 g/mol. The van der Waals surface area contributed by atoms with Gasteiger partial charge in [-0.3, -0.25) is 4.79 Å². The first-order valence-electron chi connectivity index (χ1n) is 10.0. The molecule has 2 amide bonds. The molecule has 1 unspecified atom stereocenters. The summed E-state index contributed by atoms with van der Waals surface area (Å²) in [5.74, 6) is -0.285. The third-order valence-electron chi connectivity index (χ3n) is 4.95. The van der Waals surface area contributed by atoms with Crippen molar-refractivity contribution >= 4 is 28.5 Å². The number of anilines is 1. The summed E-state index contributed by atoms with van der Waals surface area (Å²) in [5, 5.41) is 13.5. The van der Waals surface area contributed by atoms with Crippen LogP contribution in [0.3, 0.4) is 0 Å². The highest BCUT2D eigenvalue weighted by Gasteiger charge is 2.23. The Kier molecular flexibility index (Phi) is 6.69. The summed E-state index contributed by atoms with van der Waals surface area (Å²) in [6.07, 6.45) is 0.465. The third-order valence-corrected chi connectivity index (χ3v) is 4.95. The highest BCUT2D eigenvalue weighted by Crippen LogP contribution is 2.28. The van der Waals surface area contributed by atoms with Crippen molar-refractivity contribution in [1.29, 1.82) is 0 Å². The molecule has 0 radical (unpaired) electrons. The molecule has 8 nitrogen and oxygen atoms in total. The number of hydrogen-bond acceptors (Lipinski definition) is 5. The van der Waals surface area contributed by atoms with Gasteiger partial charge < -0.3 is 15.4 Å². The number of amides is 2. The normalized spacial score (nSPS) is 11.9. The summed E-state index contributed by atoms with van der Waals surface area (Å²) < 4.78 is 4.80. The molecule has 0 aliphatic carbocycles. The summed E-state index contributed by atoms with van der Waals surface area (Å²) in [7, 11) is 1.30. The molecule has 0 spiro atoms. The minimum atomic E-state index is -0.738. The fourth-order valence-corrected chi connectivity index (χ4v) is 3.38. The summed E-state index contributed by atoms with van der Waals surface area (Å²) in [5.41, 5.74) is 2.49. The molecule has 0 saturated heterocycles. The van der Waals surface area contributed by atoms with Crippen molar-refractivity contribution in [3.63, 3.8) is 0 Å². The Hall–Kier alpha value is -3.68. The molecule has 1 aromatic heterocycles. The maximum Gasteiger partial charge on any atom is 0.328 e. The molecule has 8 heteroatoms. The van der Waals surface area contributed by atoms with Gasteiger partial charge in [-0.25, -0.2) is 14.7 Å². The minimum Gasteiger partial charge on any atom is -0.467 e. The molecule has 0 aliphatic rings. The first-order chi connectivity index (χ1) is 14.8. The number of fused-ring (bicyclic) bond motifs is 1. The van der Waals surface area contributed by atoms with Gasteiger partial charge in [0, 0.05) is 16.6 Å². The van der Waals surface area contributed by atoms with Crippen LogP contribution in [0.2, 0.25) is 0 Å². The molecule has 0 saturated carbocycles. The smallest absolute Gasteiger partial charge is 0.328 e. The van der Waals surface area contributed by atoms with E-state index in [2.05, 4.69) is 20.8 Å². The Morgan fingerprint density at radius 1 is 1.13 bits per heavy atom. The average Bonchev–Trinajstić information content (AvgIpc) is 2.74. The molecule has 1 atom stereocenters. The van der Waals surface area contributed by atoms with Crippen molar-refractivity contribution in [1.82, 2.24) is 15.5 Å². The highest BCUT2D eigenvalue weighted by atomic mass is 16.5. The van der Waals surface area contributed by atoms with Crippen LogP contribution in [0.4, 0.5) is 10.5 Å². The number of hydrogen-bond donors (Lipinski definition) is 3. The molecule has 1 heterocycles. The van der Waals surface area contributed by atoms with E-state index < -0.39 is 18.0 Å². The highest BCUT2D eigenvalue weighted by molar-refractivity contribution is 5.96. The predicted molar refractivity (Wildman–Crippen MR) is 120 cm³/mol. The first kappa shape index (κ1) is 22.0. The van der Waals surface area contributed by atoms with E-state index in [1.165, 1.54) is 7.11 Å². The fraction of sp³-hybridized carbons (Fsp3) is 0.304. The second-order valence-electron chi connectivity index (χ2n) is 7.78. The second-order valence-corrected chi connectivity index (χ2v) is 7.78. The zero-order chi connectivity index (χ0) is 22.5. The van der Waals surface area contributed by atoms with Crippen LogP contribution in [0.5, 0.6) is 0 Å². The van der Waals surface area contributed by atoms with Crippen LogP contribution in [0.25, 0.3) is 22.0 Å². The maximum atomic E-state index is 12.6. The van der Waals surface area contributed by atoms with Gasteiger partial charge in [-0.1, -0.05) is 44.2 Å². The Morgan fingerprint density at radius 3 is 2.52 bits per heavy atom. The molecule has 31 heavy (non-hydrogen) atoms. The van der Waals surface area contributed by atoms with Gasteiger partial charge in [0.25, 0.3) is 5.56 Å². The number of esters is 1. The largest absolute Gasteiger partial charge is 0.467 e. The number of carbonyl (C=O) groups excluding carboxylic acids is 2. The number of carbonyl (C=O) groups is 2. The van der Waals surface area contributed by atoms with Gasteiger partial charge in [-0.15, -0.1) is 0 Å². The quantitative estimate of drug-likeness (QED) is 0.525. The number of ether oxygens (including phenoxy) is 1. The van der Waals surface area contributed by atoms with Crippen LogP contribution in [-0.2, 0) is 9.53 Å². The van der Waals surface area contributed by atoms with Crippen molar-refractivity contribution in [3.05, 3.63) is 58.4 Å². The first-order valence-corrected chi connectivity index (χ1v) is 10.0. The van der Waals surface area contributed by atoms with Crippen LogP contribution in [0.1, 0.15) is 25.8 Å². The molecule has 2 aromatic carbocycles. The maximum absolute atomic E-state index is 12.6. The lowest BCUT2D eigenvalue weighted by atomic mass is 10.0. The molecular formula is C23H26N4O4. The Bertz CT molecular complexity index is 1170. The van der Waals surface area contributed by atoms with Gasteiger partial charge in [-0.2, -0.15) is 5.10 Å². The van der Waals surface area contributed by atoms with Gasteiger partial charge >= 0.3 is 12.0 Å². The van der Waals surface area contributed by atoms with E-state index in [0.717, 1.165) is 11.1 Å².